The molecule has 20 heavy (non-hydrogen) atoms. The topological polar surface area (TPSA) is 41.6 Å². The molecule has 4 aliphatic rings. The molecule has 4 heteroatoms. The summed E-state index contributed by atoms with van der Waals surface area (Å²) < 4.78 is 5.87. The molecule has 0 radical (unpaired) electrons. The van der Waals surface area contributed by atoms with Gasteiger partial charge in [-0.05, 0) is 37.4 Å². The fraction of sp³-hybridized carbons (Fsp3) is 0.562. The molecule has 2 bridgehead atoms. The molecule has 1 N–H and O–H groups in total. The van der Waals surface area contributed by atoms with Gasteiger partial charge in [0, 0.05) is 6.54 Å². The van der Waals surface area contributed by atoms with Crippen LogP contribution in [0.3, 0.4) is 0 Å². The molecule has 4 heterocycles. The second-order valence-corrected chi connectivity index (χ2v) is 6.09. The predicted octanol–water partition coefficient (Wildman–Crippen LogP) is 1.34. The lowest BCUT2D eigenvalue weighted by Crippen LogP contribution is -2.60. The highest BCUT2D eigenvalue weighted by atomic mass is 16.5. The van der Waals surface area contributed by atoms with Crippen molar-refractivity contribution < 1.29 is 9.53 Å². The summed E-state index contributed by atoms with van der Waals surface area (Å²) in [6, 6.07) is 9.93. The van der Waals surface area contributed by atoms with Crippen LogP contribution >= 0.6 is 0 Å². The number of carbonyl (C=O) groups excluding carboxylic acids is 1. The third-order valence-corrected chi connectivity index (χ3v) is 5.04. The Balaban J connectivity index is 1.60. The highest BCUT2D eigenvalue weighted by molar-refractivity contribution is 5.78. The minimum atomic E-state index is -0.317. The normalized spacial score (nSPS) is 39.8. The van der Waals surface area contributed by atoms with Crippen molar-refractivity contribution in [2.75, 3.05) is 19.6 Å². The molecule has 0 saturated carbocycles. The number of hydrogen-bond donors (Lipinski definition) is 1. The maximum atomic E-state index is 12.4. The summed E-state index contributed by atoms with van der Waals surface area (Å²) in [6.07, 6.45) is 2.43. The number of benzene rings is 1. The molecular formula is C16H20N2O2. The average molecular weight is 272 g/mol. The minimum Gasteiger partial charge on any atom is -0.459 e. The summed E-state index contributed by atoms with van der Waals surface area (Å²) in [5, 5.41) is 3.42. The number of esters is 1. The zero-order valence-corrected chi connectivity index (χ0v) is 11.5. The van der Waals surface area contributed by atoms with Crippen LogP contribution in [0.4, 0.5) is 0 Å². The highest BCUT2D eigenvalue weighted by Crippen LogP contribution is 2.36. The first-order chi connectivity index (χ1) is 9.83. The fourth-order valence-corrected chi connectivity index (χ4v) is 3.95. The Bertz CT molecular complexity index is 496. The van der Waals surface area contributed by atoms with Gasteiger partial charge >= 0.3 is 5.97 Å². The Hall–Kier alpha value is -1.39. The summed E-state index contributed by atoms with van der Waals surface area (Å²) >= 11 is 0. The van der Waals surface area contributed by atoms with E-state index in [9.17, 15) is 4.79 Å². The standard InChI is InChI=1S/C16H20N2O2/c19-16-14(11-4-2-1-3-5-11)17-10-13-15(20-16)12-6-8-18(13)9-7-12/h1-5,12-15,17H,6-10H2/t13?,14-,15+/m0/s1. The molecular weight excluding hydrogens is 252 g/mol. The summed E-state index contributed by atoms with van der Waals surface area (Å²) in [5.41, 5.74) is 0.999. The Morgan fingerprint density at radius 1 is 1.15 bits per heavy atom. The first kappa shape index (κ1) is 12.4. The van der Waals surface area contributed by atoms with E-state index < -0.39 is 0 Å². The molecule has 4 saturated heterocycles. The molecule has 4 fully saturated rings. The molecule has 106 valence electrons. The van der Waals surface area contributed by atoms with Gasteiger partial charge in [0.2, 0.25) is 0 Å². The van der Waals surface area contributed by atoms with Gasteiger partial charge in [-0.3, -0.25) is 10.2 Å². The molecule has 1 unspecified atom stereocenters. The molecule has 5 rings (SSSR count). The van der Waals surface area contributed by atoms with E-state index in [1.165, 1.54) is 12.8 Å². The third kappa shape index (κ3) is 1.95. The molecule has 4 nitrogen and oxygen atoms in total. The van der Waals surface area contributed by atoms with Crippen LogP contribution in [0, 0.1) is 5.92 Å². The summed E-state index contributed by atoms with van der Waals surface area (Å²) in [7, 11) is 0. The SMILES string of the molecule is O=C1O[C@@H]2C3CCN(CC3)C2CN[C@H]1c1ccccc1. The number of carbonyl (C=O) groups is 1. The number of rotatable bonds is 1. The zero-order chi connectivity index (χ0) is 13.5. The van der Waals surface area contributed by atoms with Crippen LogP contribution in [0.1, 0.15) is 24.4 Å². The van der Waals surface area contributed by atoms with Gasteiger partial charge in [-0.25, -0.2) is 4.79 Å². The smallest absolute Gasteiger partial charge is 0.328 e. The predicted molar refractivity (Wildman–Crippen MR) is 75.2 cm³/mol. The average Bonchev–Trinajstić information content (AvgIpc) is 2.69. The van der Waals surface area contributed by atoms with Crippen LogP contribution in [0.15, 0.2) is 30.3 Å². The Kier molecular flexibility index (Phi) is 3.00. The molecule has 4 aliphatic heterocycles. The van der Waals surface area contributed by atoms with Gasteiger partial charge in [0.05, 0.1) is 6.04 Å². The molecule has 0 aliphatic carbocycles. The van der Waals surface area contributed by atoms with E-state index >= 15 is 0 Å². The van der Waals surface area contributed by atoms with Crippen molar-refractivity contribution in [3.8, 4) is 0 Å². The van der Waals surface area contributed by atoms with E-state index in [0.29, 0.717) is 12.0 Å². The first-order valence-electron chi connectivity index (χ1n) is 7.56. The van der Waals surface area contributed by atoms with Gasteiger partial charge in [-0.1, -0.05) is 30.3 Å². The van der Waals surface area contributed by atoms with E-state index in [2.05, 4.69) is 10.2 Å². The quantitative estimate of drug-likeness (QED) is 0.783. The van der Waals surface area contributed by atoms with Crippen LogP contribution < -0.4 is 5.32 Å². The molecule has 0 amide bonds. The Labute approximate surface area is 119 Å². The number of piperidine rings is 3. The highest BCUT2D eigenvalue weighted by Gasteiger charge is 2.47. The van der Waals surface area contributed by atoms with Crippen LogP contribution in [-0.4, -0.2) is 42.6 Å². The molecule has 0 aromatic heterocycles. The zero-order valence-electron chi connectivity index (χ0n) is 11.5. The van der Waals surface area contributed by atoms with Gasteiger partial charge < -0.3 is 4.74 Å². The molecule has 0 spiro atoms. The van der Waals surface area contributed by atoms with Crippen LogP contribution in [0.25, 0.3) is 0 Å². The van der Waals surface area contributed by atoms with E-state index in [4.69, 9.17) is 4.74 Å². The van der Waals surface area contributed by atoms with Crippen molar-refractivity contribution in [1.29, 1.82) is 0 Å². The van der Waals surface area contributed by atoms with Crippen molar-refractivity contribution in [2.45, 2.75) is 31.0 Å². The Morgan fingerprint density at radius 2 is 1.90 bits per heavy atom. The monoisotopic (exact) mass is 272 g/mol. The van der Waals surface area contributed by atoms with Crippen molar-refractivity contribution in [3.05, 3.63) is 35.9 Å². The number of nitrogens with zero attached hydrogens (tertiary/aromatic N) is 1. The van der Waals surface area contributed by atoms with E-state index in [-0.39, 0.29) is 18.1 Å². The Morgan fingerprint density at radius 3 is 2.65 bits per heavy atom. The molecule has 1 aromatic carbocycles. The summed E-state index contributed by atoms with van der Waals surface area (Å²) in [4.78, 5) is 14.9. The lowest BCUT2D eigenvalue weighted by Gasteiger charge is -2.49. The van der Waals surface area contributed by atoms with E-state index in [1.54, 1.807) is 0 Å². The van der Waals surface area contributed by atoms with Gasteiger partial charge in [-0.15, -0.1) is 0 Å². The van der Waals surface area contributed by atoms with Crippen molar-refractivity contribution in [3.63, 3.8) is 0 Å². The van der Waals surface area contributed by atoms with Crippen molar-refractivity contribution in [1.82, 2.24) is 10.2 Å². The second-order valence-electron chi connectivity index (χ2n) is 6.09. The summed E-state index contributed by atoms with van der Waals surface area (Å²) in [6.45, 7) is 3.15. The molecule has 1 aromatic rings. The number of fused-ring (bicyclic) bond motifs is 2. The van der Waals surface area contributed by atoms with Crippen molar-refractivity contribution in [2.24, 2.45) is 5.92 Å². The van der Waals surface area contributed by atoms with Crippen LogP contribution in [0.2, 0.25) is 0 Å². The lowest BCUT2D eigenvalue weighted by atomic mass is 9.80. The molecule has 3 atom stereocenters. The third-order valence-electron chi connectivity index (χ3n) is 5.04. The van der Waals surface area contributed by atoms with Crippen LogP contribution in [-0.2, 0) is 9.53 Å². The first-order valence-corrected chi connectivity index (χ1v) is 7.56. The fourth-order valence-electron chi connectivity index (χ4n) is 3.95. The minimum absolute atomic E-state index is 0.0891. The van der Waals surface area contributed by atoms with Gasteiger partial charge in [0.1, 0.15) is 12.1 Å². The van der Waals surface area contributed by atoms with Crippen LogP contribution in [0.5, 0.6) is 0 Å². The number of nitrogens with one attached hydrogen (secondary N) is 1. The van der Waals surface area contributed by atoms with Gasteiger partial charge in [0.25, 0.3) is 0 Å². The summed E-state index contributed by atoms with van der Waals surface area (Å²) in [5.74, 6) is 0.447. The number of hydrogen-bond acceptors (Lipinski definition) is 4. The van der Waals surface area contributed by atoms with E-state index in [0.717, 1.165) is 25.2 Å². The maximum absolute atomic E-state index is 12.4. The van der Waals surface area contributed by atoms with Crippen molar-refractivity contribution >= 4 is 5.97 Å². The van der Waals surface area contributed by atoms with Gasteiger partial charge in [0.15, 0.2) is 0 Å². The maximum Gasteiger partial charge on any atom is 0.328 e. The lowest BCUT2D eigenvalue weighted by molar-refractivity contribution is -0.163. The van der Waals surface area contributed by atoms with Gasteiger partial charge in [-0.2, -0.15) is 0 Å². The second kappa shape index (κ2) is 4.86. The largest absolute Gasteiger partial charge is 0.459 e. The number of ether oxygens (including phenoxy) is 1. The van der Waals surface area contributed by atoms with E-state index in [1.807, 2.05) is 30.3 Å².